The zero-order valence-electron chi connectivity index (χ0n) is 15.1. The quantitative estimate of drug-likeness (QED) is 0.530. The molecule has 1 N–H and O–H groups in total. The highest BCUT2D eigenvalue weighted by Crippen LogP contribution is 2.30. The van der Waals surface area contributed by atoms with Crippen LogP contribution in [-0.4, -0.2) is 52.2 Å². The number of ether oxygens (including phenoxy) is 3. The summed E-state index contributed by atoms with van der Waals surface area (Å²) in [7, 11) is 1.68. The Bertz CT molecular complexity index is 235. The van der Waals surface area contributed by atoms with Crippen LogP contribution in [0.3, 0.4) is 0 Å². The van der Waals surface area contributed by atoms with E-state index in [1.54, 1.807) is 7.11 Å². The number of rotatable bonds is 13. The highest BCUT2D eigenvalue weighted by Gasteiger charge is 2.27. The van der Waals surface area contributed by atoms with Crippen LogP contribution < -0.4 is 5.32 Å². The van der Waals surface area contributed by atoms with Crippen molar-refractivity contribution in [2.24, 2.45) is 5.41 Å². The lowest BCUT2D eigenvalue weighted by molar-refractivity contribution is 0.0150. The first-order valence-corrected chi connectivity index (χ1v) is 8.28. The minimum atomic E-state index is 0.172. The first kappa shape index (κ1) is 20.8. The Hall–Kier alpha value is -0.160. The molecular weight excluding hydrogens is 266 g/mol. The van der Waals surface area contributed by atoms with Crippen molar-refractivity contribution in [3.63, 3.8) is 0 Å². The summed E-state index contributed by atoms with van der Waals surface area (Å²) in [5.74, 6) is 0. The van der Waals surface area contributed by atoms with E-state index in [2.05, 4.69) is 39.9 Å². The fraction of sp³-hybridized carbons (Fsp3) is 1.00. The average molecular weight is 303 g/mol. The smallest absolute Gasteiger partial charge is 0.0701 e. The van der Waals surface area contributed by atoms with Gasteiger partial charge in [-0.2, -0.15) is 0 Å². The van der Waals surface area contributed by atoms with Gasteiger partial charge in [0.2, 0.25) is 0 Å². The molecule has 0 aliphatic heterocycles. The van der Waals surface area contributed by atoms with Gasteiger partial charge in [-0.15, -0.1) is 0 Å². The van der Waals surface area contributed by atoms with E-state index in [-0.39, 0.29) is 5.54 Å². The van der Waals surface area contributed by atoms with Crippen molar-refractivity contribution in [3.05, 3.63) is 0 Å². The summed E-state index contributed by atoms with van der Waals surface area (Å²) >= 11 is 0. The Morgan fingerprint density at radius 3 is 1.81 bits per heavy atom. The Morgan fingerprint density at radius 1 is 0.810 bits per heavy atom. The second kappa shape index (κ2) is 11.4. The van der Waals surface area contributed by atoms with E-state index in [1.165, 1.54) is 12.8 Å². The number of nitrogens with one attached hydrogen (secondary N) is 1. The molecule has 0 aromatic rings. The maximum atomic E-state index is 5.71. The standard InChI is InChI=1S/C17H37NO3/c1-7-17(8-2,15-18-16(3,4)5)9-10-20-13-14-21-12-11-19-6/h18H,7-15H2,1-6H3. The lowest BCUT2D eigenvalue weighted by Crippen LogP contribution is -2.44. The summed E-state index contributed by atoms with van der Waals surface area (Å²) in [5.41, 5.74) is 0.510. The van der Waals surface area contributed by atoms with Gasteiger partial charge in [-0.25, -0.2) is 0 Å². The Labute approximate surface area is 131 Å². The van der Waals surface area contributed by atoms with Gasteiger partial charge in [0.15, 0.2) is 0 Å². The second-order valence-corrected chi connectivity index (χ2v) is 6.78. The molecule has 0 aromatic carbocycles. The molecule has 0 rings (SSSR count). The van der Waals surface area contributed by atoms with Crippen molar-refractivity contribution in [3.8, 4) is 0 Å². The van der Waals surface area contributed by atoms with Gasteiger partial charge in [0.25, 0.3) is 0 Å². The molecule has 4 heteroatoms. The summed E-state index contributed by atoms with van der Waals surface area (Å²) in [4.78, 5) is 0. The van der Waals surface area contributed by atoms with E-state index < -0.39 is 0 Å². The molecule has 0 fully saturated rings. The van der Waals surface area contributed by atoms with Gasteiger partial charge in [0.1, 0.15) is 0 Å². The topological polar surface area (TPSA) is 39.7 Å². The molecule has 0 saturated carbocycles. The van der Waals surface area contributed by atoms with Crippen molar-refractivity contribution < 1.29 is 14.2 Å². The van der Waals surface area contributed by atoms with Gasteiger partial charge in [-0.05, 0) is 45.4 Å². The van der Waals surface area contributed by atoms with Crippen LogP contribution in [0.2, 0.25) is 0 Å². The van der Waals surface area contributed by atoms with Crippen LogP contribution in [0.25, 0.3) is 0 Å². The molecule has 0 radical (unpaired) electrons. The minimum absolute atomic E-state index is 0.172. The molecule has 0 aromatic heterocycles. The van der Waals surface area contributed by atoms with Crippen LogP contribution in [0, 0.1) is 5.41 Å². The van der Waals surface area contributed by atoms with Gasteiger partial charge < -0.3 is 19.5 Å². The van der Waals surface area contributed by atoms with Crippen molar-refractivity contribution >= 4 is 0 Å². The van der Waals surface area contributed by atoms with Crippen molar-refractivity contribution in [2.75, 3.05) is 46.7 Å². The molecule has 4 nitrogen and oxygen atoms in total. The zero-order chi connectivity index (χ0) is 16.2. The van der Waals surface area contributed by atoms with E-state index >= 15 is 0 Å². The molecule has 0 atom stereocenters. The third-order valence-corrected chi connectivity index (χ3v) is 4.07. The number of methoxy groups -OCH3 is 1. The highest BCUT2D eigenvalue weighted by atomic mass is 16.5. The van der Waals surface area contributed by atoms with Gasteiger partial charge >= 0.3 is 0 Å². The van der Waals surface area contributed by atoms with Gasteiger partial charge in [0, 0.05) is 25.8 Å². The van der Waals surface area contributed by atoms with E-state index in [0.29, 0.717) is 31.8 Å². The molecule has 0 aliphatic rings. The Kier molecular flexibility index (Phi) is 11.3. The van der Waals surface area contributed by atoms with Crippen LogP contribution in [0.15, 0.2) is 0 Å². The molecule has 0 saturated heterocycles. The minimum Gasteiger partial charge on any atom is -0.382 e. The molecule has 0 heterocycles. The molecule has 21 heavy (non-hydrogen) atoms. The van der Waals surface area contributed by atoms with Crippen LogP contribution in [-0.2, 0) is 14.2 Å². The second-order valence-electron chi connectivity index (χ2n) is 6.78. The zero-order valence-corrected chi connectivity index (χ0v) is 15.1. The van der Waals surface area contributed by atoms with Crippen molar-refractivity contribution in [1.29, 1.82) is 0 Å². The lowest BCUT2D eigenvalue weighted by atomic mass is 9.79. The fourth-order valence-electron chi connectivity index (χ4n) is 2.15. The van der Waals surface area contributed by atoms with Crippen LogP contribution in [0.5, 0.6) is 0 Å². The highest BCUT2D eigenvalue weighted by molar-refractivity contribution is 4.83. The van der Waals surface area contributed by atoms with Gasteiger partial charge in [0.05, 0.1) is 26.4 Å². The fourth-order valence-corrected chi connectivity index (χ4v) is 2.15. The number of hydrogen-bond acceptors (Lipinski definition) is 4. The van der Waals surface area contributed by atoms with E-state index in [0.717, 1.165) is 19.6 Å². The Balaban J connectivity index is 3.88. The monoisotopic (exact) mass is 303 g/mol. The maximum Gasteiger partial charge on any atom is 0.0701 e. The molecule has 0 bridgehead atoms. The van der Waals surface area contributed by atoms with Gasteiger partial charge in [-0.3, -0.25) is 0 Å². The predicted octanol–water partition coefficient (Wildman–Crippen LogP) is 3.25. The molecule has 0 unspecified atom stereocenters. The summed E-state index contributed by atoms with van der Waals surface area (Å²) in [6.45, 7) is 15.7. The summed E-state index contributed by atoms with van der Waals surface area (Å²) in [5, 5.41) is 3.65. The Morgan fingerprint density at radius 2 is 1.33 bits per heavy atom. The molecule has 128 valence electrons. The van der Waals surface area contributed by atoms with Crippen LogP contribution >= 0.6 is 0 Å². The van der Waals surface area contributed by atoms with Crippen molar-refractivity contribution in [1.82, 2.24) is 5.32 Å². The molecule has 0 aliphatic carbocycles. The third-order valence-electron chi connectivity index (χ3n) is 4.07. The normalized spacial score (nSPS) is 12.9. The number of hydrogen-bond donors (Lipinski definition) is 1. The molecule has 0 spiro atoms. The lowest BCUT2D eigenvalue weighted by Gasteiger charge is -2.35. The van der Waals surface area contributed by atoms with Crippen LogP contribution in [0.1, 0.15) is 53.9 Å². The van der Waals surface area contributed by atoms with E-state index in [1.807, 2.05) is 0 Å². The summed E-state index contributed by atoms with van der Waals surface area (Å²) in [6, 6.07) is 0. The summed E-state index contributed by atoms with van der Waals surface area (Å²) < 4.78 is 16.0. The van der Waals surface area contributed by atoms with Crippen molar-refractivity contribution in [2.45, 2.75) is 59.4 Å². The third kappa shape index (κ3) is 11.1. The van der Waals surface area contributed by atoms with E-state index in [4.69, 9.17) is 14.2 Å². The first-order valence-electron chi connectivity index (χ1n) is 8.28. The molecule has 0 amide bonds. The SMILES string of the molecule is CCC(CC)(CCOCCOCCOC)CNC(C)(C)C. The summed E-state index contributed by atoms with van der Waals surface area (Å²) in [6.07, 6.45) is 3.46. The molecular formula is C17H37NO3. The maximum absolute atomic E-state index is 5.71. The first-order chi connectivity index (χ1) is 9.89. The van der Waals surface area contributed by atoms with Crippen LogP contribution in [0.4, 0.5) is 0 Å². The van der Waals surface area contributed by atoms with E-state index in [9.17, 15) is 0 Å². The average Bonchev–Trinajstić information content (AvgIpc) is 2.44. The van der Waals surface area contributed by atoms with Gasteiger partial charge in [-0.1, -0.05) is 13.8 Å². The largest absolute Gasteiger partial charge is 0.382 e. The predicted molar refractivity (Wildman–Crippen MR) is 88.9 cm³/mol.